The van der Waals surface area contributed by atoms with Gasteiger partial charge in [0.05, 0.1) is 6.04 Å². The van der Waals surface area contributed by atoms with Gasteiger partial charge in [0, 0.05) is 16.3 Å². The van der Waals surface area contributed by atoms with E-state index in [4.69, 9.17) is 11.6 Å². The van der Waals surface area contributed by atoms with E-state index in [-0.39, 0.29) is 11.8 Å². The van der Waals surface area contributed by atoms with Crippen LogP contribution < -0.4 is 10.6 Å². The van der Waals surface area contributed by atoms with Crippen molar-refractivity contribution in [1.82, 2.24) is 10.6 Å². The Kier molecular flexibility index (Phi) is 3.39. The number of allylic oxidation sites excluding steroid dienone is 1. The van der Waals surface area contributed by atoms with Gasteiger partial charge in [-0.15, -0.1) is 0 Å². The molecule has 94 valence electrons. The molecule has 18 heavy (non-hydrogen) atoms. The molecule has 1 atom stereocenters. The van der Waals surface area contributed by atoms with Gasteiger partial charge in [0.1, 0.15) is 0 Å². The number of Topliss-reactive ketones (excluding diaryl/α,β-unsaturated/α-hetero) is 1. The van der Waals surface area contributed by atoms with E-state index in [2.05, 4.69) is 10.6 Å². The van der Waals surface area contributed by atoms with Gasteiger partial charge in [0.2, 0.25) is 0 Å². The summed E-state index contributed by atoms with van der Waals surface area (Å²) in [5.41, 5.74) is 1.99. The molecule has 0 saturated heterocycles. The first-order chi connectivity index (χ1) is 8.49. The summed E-state index contributed by atoms with van der Waals surface area (Å²) in [6.45, 7) is 3.21. The summed E-state index contributed by atoms with van der Waals surface area (Å²) in [5, 5.41) is 5.96. The van der Waals surface area contributed by atoms with Crippen LogP contribution in [0.4, 0.5) is 4.79 Å². The third-order valence-corrected chi connectivity index (χ3v) is 3.10. The van der Waals surface area contributed by atoms with Crippen LogP contribution in [-0.2, 0) is 4.79 Å². The molecule has 1 aromatic carbocycles. The van der Waals surface area contributed by atoms with Gasteiger partial charge in [-0.25, -0.2) is 4.79 Å². The van der Waals surface area contributed by atoms with Gasteiger partial charge in [0.25, 0.3) is 0 Å². The summed E-state index contributed by atoms with van der Waals surface area (Å²) < 4.78 is 0. The van der Waals surface area contributed by atoms with Crippen LogP contribution in [0.2, 0.25) is 5.02 Å². The molecule has 5 heteroatoms. The highest BCUT2D eigenvalue weighted by atomic mass is 35.5. The minimum absolute atomic E-state index is 0.0695. The molecule has 0 aliphatic carbocycles. The first-order valence-corrected chi connectivity index (χ1v) is 5.91. The molecule has 0 radical (unpaired) electrons. The molecule has 0 bridgehead atoms. The predicted octanol–water partition coefficient (Wildman–Crippen LogP) is 2.56. The van der Waals surface area contributed by atoms with Gasteiger partial charge >= 0.3 is 6.03 Å². The average molecular weight is 265 g/mol. The lowest BCUT2D eigenvalue weighted by Crippen LogP contribution is -2.44. The van der Waals surface area contributed by atoms with Crippen molar-refractivity contribution in [2.75, 3.05) is 0 Å². The van der Waals surface area contributed by atoms with Gasteiger partial charge in [-0.2, -0.15) is 0 Å². The largest absolute Gasteiger partial charge is 0.327 e. The number of urea groups is 1. The molecule has 1 aliphatic rings. The first-order valence-electron chi connectivity index (χ1n) is 5.53. The van der Waals surface area contributed by atoms with Crippen molar-refractivity contribution in [1.29, 1.82) is 0 Å². The van der Waals surface area contributed by atoms with Crippen LogP contribution in [0.15, 0.2) is 35.5 Å². The topological polar surface area (TPSA) is 58.2 Å². The van der Waals surface area contributed by atoms with Gasteiger partial charge in [0.15, 0.2) is 5.78 Å². The van der Waals surface area contributed by atoms with E-state index in [1.165, 1.54) is 6.92 Å². The summed E-state index contributed by atoms with van der Waals surface area (Å²) >= 11 is 5.83. The zero-order chi connectivity index (χ0) is 13.3. The summed E-state index contributed by atoms with van der Waals surface area (Å²) in [6, 6.07) is 6.34. The molecular weight excluding hydrogens is 252 g/mol. The van der Waals surface area contributed by atoms with Crippen LogP contribution in [0, 0.1) is 0 Å². The average Bonchev–Trinajstić information content (AvgIpc) is 2.28. The number of halogens is 1. The third kappa shape index (κ3) is 2.38. The number of hydrogen-bond acceptors (Lipinski definition) is 2. The minimum Gasteiger partial charge on any atom is -0.327 e. The Hall–Kier alpha value is -1.81. The minimum atomic E-state index is -0.423. The SMILES string of the molecule is CC(=O)C1=C(C)NC(=O)N[C@H]1c1ccc(Cl)cc1. The zero-order valence-corrected chi connectivity index (χ0v) is 10.8. The van der Waals surface area contributed by atoms with E-state index in [1.807, 2.05) is 0 Å². The number of nitrogens with one attached hydrogen (secondary N) is 2. The monoisotopic (exact) mass is 264 g/mol. The molecule has 0 saturated carbocycles. The third-order valence-electron chi connectivity index (χ3n) is 2.85. The fourth-order valence-corrected chi connectivity index (χ4v) is 2.19. The normalized spacial score (nSPS) is 19.3. The molecule has 2 amide bonds. The van der Waals surface area contributed by atoms with E-state index in [0.717, 1.165) is 5.56 Å². The number of hydrogen-bond donors (Lipinski definition) is 2. The van der Waals surface area contributed by atoms with E-state index in [0.29, 0.717) is 16.3 Å². The number of carbonyl (C=O) groups is 2. The van der Waals surface area contributed by atoms with Gasteiger partial charge in [-0.1, -0.05) is 23.7 Å². The van der Waals surface area contributed by atoms with Crippen LogP contribution >= 0.6 is 11.6 Å². The van der Waals surface area contributed by atoms with E-state index >= 15 is 0 Å². The van der Waals surface area contributed by atoms with Crippen molar-refractivity contribution in [3.63, 3.8) is 0 Å². The Labute approximate surface area is 110 Å². The number of benzene rings is 1. The number of amides is 2. The van der Waals surface area contributed by atoms with Crippen molar-refractivity contribution in [2.45, 2.75) is 19.9 Å². The van der Waals surface area contributed by atoms with Crippen molar-refractivity contribution in [3.8, 4) is 0 Å². The van der Waals surface area contributed by atoms with E-state index < -0.39 is 6.04 Å². The highest BCUT2D eigenvalue weighted by Crippen LogP contribution is 2.27. The van der Waals surface area contributed by atoms with Crippen LogP contribution in [0.3, 0.4) is 0 Å². The van der Waals surface area contributed by atoms with Gasteiger partial charge in [-0.3, -0.25) is 4.79 Å². The number of rotatable bonds is 2. The highest BCUT2D eigenvalue weighted by molar-refractivity contribution is 6.30. The van der Waals surface area contributed by atoms with Crippen LogP contribution in [0.5, 0.6) is 0 Å². The van der Waals surface area contributed by atoms with Crippen molar-refractivity contribution in [2.24, 2.45) is 0 Å². The summed E-state index contributed by atoms with van der Waals surface area (Å²) in [7, 11) is 0. The highest BCUT2D eigenvalue weighted by Gasteiger charge is 2.28. The summed E-state index contributed by atoms with van der Waals surface area (Å²) in [4.78, 5) is 23.2. The predicted molar refractivity (Wildman–Crippen MR) is 69.2 cm³/mol. The zero-order valence-electron chi connectivity index (χ0n) is 10.1. The quantitative estimate of drug-likeness (QED) is 0.862. The molecule has 0 spiro atoms. The Morgan fingerprint density at radius 3 is 2.44 bits per heavy atom. The molecule has 0 aromatic heterocycles. The molecule has 0 fully saturated rings. The van der Waals surface area contributed by atoms with Crippen molar-refractivity contribution in [3.05, 3.63) is 46.1 Å². The number of carbonyl (C=O) groups excluding carboxylic acids is 2. The fraction of sp³-hybridized carbons (Fsp3) is 0.231. The van der Waals surface area contributed by atoms with Crippen LogP contribution in [-0.4, -0.2) is 11.8 Å². The van der Waals surface area contributed by atoms with Crippen LogP contribution in [0.25, 0.3) is 0 Å². The Morgan fingerprint density at radius 1 is 1.28 bits per heavy atom. The van der Waals surface area contributed by atoms with Gasteiger partial charge in [-0.05, 0) is 31.5 Å². The van der Waals surface area contributed by atoms with Crippen molar-refractivity contribution < 1.29 is 9.59 Å². The molecule has 2 rings (SSSR count). The lowest BCUT2D eigenvalue weighted by molar-refractivity contribution is -0.114. The summed E-state index contributed by atoms with van der Waals surface area (Å²) in [5.74, 6) is -0.0695. The fourth-order valence-electron chi connectivity index (χ4n) is 2.07. The lowest BCUT2D eigenvalue weighted by atomic mass is 9.93. The van der Waals surface area contributed by atoms with Crippen LogP contribution in [0.1, 0.15) is 25.5 Å². The maximum Gasteiger partial charge on any atom is 0.319 e. The summed E-state index contributed by atoms with van der Waals surface area (Å²) in [6.07, 6.45) is 0. The molecule has 1 aliphatic heterocycles. The van der Waals surface area contributed by atoms with E-state index in [1.54, 1.807) is 31.2 Å². The maximum absolute atomic E-state index is 11.7. The maximum atomic E-state index is 11.7. The molecular formula is C13H13ClN2O2. The second-order valence-electron chi connectivity index (χ2n) is 4.18. The Balaban J connectivity index is 2.46. The van der Waals surface area contributed by atoms with Crippen molar-refractivity contribution >= 4 is 23.4 Å². The smallest absolute Gasteiger partial charge is 0.319 e. The molecule has 0 unspecified atom stereocenters. The second kappa shape index (κ2) is 4.82. The second-order valence-corrected chi connectivity index (χ2v) is 4.61. The molecule has 2 N–H and O–H groups in total. The Morgan fingerprint density at radius 2 is 1.89 bits per heavy atom. The molecule has 1 heterocycles. The Bertz CT molecular complexity index is 534. The van der Waals surface area contributed by atoms with E-state index in [9.17, 15) is 9.59 Å². The first kappa shape index (κ1) is 12.6. The number of ketones is 1. The molecule has 1 aromatic rings. The van der Waals surface area contributed by atoms with Gasteiger partial charge < -0.3 is 10.6 Å². The lowest BCUT2D eigenvalue weighted by Gasteiger charge is -2.28. The standard InChI is InChI=1S/C13H13ClN2O2/c1-7-11(8(2)17)12(16-13(18)15-7)9-3-5-10(14)6-4-9/h3-6,12H,1-2H3,(H2,15,16,18)/t12-/m0/s1. The molecule has 4 nitrogen and oxygen atoms in total.